The Morgan fingerprint density at radius 2 is 2.00 bits per heavy atom. The van der Waals surface area contributed by atoms with Gasteiger partial charge in [-0.05, 0) is 36.8 Å². The third kappa shape index (κ3) is 4.21. The van der Waals surface area contributed by atoms with Crippen LogP contribution in [0.1, 0.15) is 21.7 Å². The molecule has 1 heterocycles. The summed E-state index contributed by atoms with van der Waals surface area (Å²) in [6.07, 6.45) is 1.34. The molecule has 7 nitrogen and oxygen atoms in total. The lowest BCUT2D eigenvalue weighted by Gasteiger charge is -2.02. The highest BCUT2D eigenvalue weighted by Crippen LogP contribution is 2.32. The Hall–Kier alpha value is -3.45. The number of halogens is 1. The van der Waals surface area contributed by atoms with Gasteiger partial charge < -0.3 is 4.42 Å². The van der Waals surface area contributed by atoms with E-state index < -0.39 is 4.92 Å². The number of nitro benzene ring substituents is 1. The van der Waals surface area contributed by atoms with Crippen LogP contribution in [0, 0.1) is 17.0 Å². The van der Waals surface area contributed by atoms with Gasteiger partial charge in [-0.2, -0.15) is 5.10 Å². The Labute approximate surface area is 159 Å². The highest BCUT2D eigenvalue weighted by Gasteiger charge is 2.14. The number of non-ortho nitro benzene ring substituents is 1. The Morgan fingerprint density at radius 1 is 1.22 bits per heavy atom. The molecule has 1 N–H and O–H groups in total. The number of amides is 1. The first kappa shape index (κ1) is 18.3. The molecule has 0 spiro atoms. The molecule has 2 aromatic carbocycles. The fourth-order valence-electron chi connectivity index (χ4n) is 2.43. The summed E-state index contributed by atoms with van der Waals surface area (Å²) in [5.74, 6) is 0.380. The van der Waals surface area contributed by atoms with E-state index in [9.17, 15) is 14.9 Å². The summed E-state index contributed by atoms with van der Waals surface area (Å²) >= 11 is 6.10. The van der Waals surface area contributed by atoms with E-state index in [4.69, 9.17) is 16.0 Å². The van der Waals surface area contributed by atoms with Crippen LogP contribution < -0.4 is 5.43 Å². The molecule has 3 rings (SSSR count). The van der Waals surface area contributed by atoms with Gasteiger partial charge in [-0.15, -0.1) is 0 Å². The van der Waals surface area contributed by atoms with Crippen molar-refractivity contribution in [2.75, 3.05) is 0 Å². The van der Waals surface area contributed by atoms with E-state index in [1.54, 1.807) is 24.3 Å². The van der Waals surface area contributed by atoms with E-state index in [2.05, 4.69) is 10.5 Å². The van der Waals surface area contributed by atoms with Gasteiger partial charge in [0.15, 0.2) is 0 Å². The van der Waals surface area contributed by atoms with Crippen LogP contribution in [0.5, 0.6) is 0 Å². The topological polar surface area (TPSA) is 97.7 Å². The molecule has 0 bridgehead atoms. The van der Waals surface area contributed by atoms with Crippen molar-refractivity contribution < 1.29 is 14.1 Å². The minimum Gasteiger partial charge on any atom is -0.455 e. The van der Waals surface area contributed by atoms with Gasteiger partial charge in [0.25, 0.3) is 11.6 Å². The van der Waals surface area contributed by atoms with Crippen LogP contribution in [-0.2, 0) is 0 Å². The quantitative estimate of drug-likeness (QED) is 0.396. The molecule has 0 aliphatic carbocycles. The second-order valence-electron chi connectivity index (χ2n) is 5.64. The van der Waals surface area contributed by atoms with E-state index in [1.165, 1.54) is 24.4 Å². The van der Waals surface area contributed by atoms with Gasteiger partial charge in [0.1, 0.15) is 11.5 Å². The molecule has 0 radical (unpaired) electrons. The van der Waals surface area contributed by atoms with Crippen LogP contribution >= 0.6 is 11.6 Å². The second-order valence-corrected chi connectivity index (χ2v) is 6.04. The zero-order valence-electron chi connectivity index (χ0n) is 14.2. The van der Waals surface area contributed by atoms with Gasteiger partial charge in [0, 0.05) is 23.3 Å². The smallest absolute Gasteiger partial charge is 0.271 e. The third-order valence-electron chi connectivity index (χ3n) is 3.80. The summed E-state index contributed by atoms with van der Waals surface area (Å²) in [7, 11) is 0. The van der Waals surface area contributed by atoms with Crippen LogP contribution in [0.4, 0.5) is 5.69 Å². The van der Waals surface area contributed by atoms with Crippen molar-refractivity contribution in [3.63, 3.8) is 0 Å². The fourth-order valence-corrected chi connectivity index (χ4v) is 2.64. The first-order valence-electron chi connectivity index (χ1n) is 7.89. The molecule has 1 amide bonds. The van der Waals surface area contributed by atoms with E-state index in [-0.39, 0.29) is 11.6 Å². The first-order chi connectivity index (χ1) is 13.0. The van der Waals surface area contributed by atoms with Crippen LogP contribution in [0.25, 0.3) is 11.3 Å². The summed E-state index contributed by atoms with van der Waals surface area (Å²) in [6, 6.07) is 14.5. The molecular weight excluding hydrogens is 370 g/mol. The molecule has 0 fully saturated rings. The maximum atomic E-state index is 12.1. The molecule has 0 aliphatic rings. The summed E-state index contributed by atoms with van der Waals surface area (Å²) in [4.78, 5) is 22.5. The molecule has 3 aromatic rings. The molecule has 0 saturated carbocycles. The second kappa shape index (κ2) is 7.84. The van der Waals surface area contributed by atoms with Gasteiger partial charge in [-0.3, -0.25) is 14.9 Å². The largest absolute Gasteiger partial charge is 0.455 e. The lowest BCUT2D eigenvalue weighted by Crippen LogP contribution is -2.18. The summed E-state index contributed by atoms with van der Waals surface area (Å²) in [5.41, 5.74) is 4.10. The van der Waals surface area contributed by atoms with Crippen LogP contribution in [0.15, 0.2) is 64.1 Å². The van der Waals surface area contributed by atoms with Crippen LogP contribution in [-0.4, -0.2) is 17.0 Å². The number of carbonyl (C=O) groups excluding carboxylic acids is 1. The van der Waals surface area contributed by atoms with Crippen molar-refractivity contribution in [2.24, 2.45) is 5.10 Å². The maximum Gasteiger partial charge on any atom is 0.271 e. The van der Waals surface area contributed by atoms with Gasteiger partial charge in [0.05, 0.1) is 16.2 Å². The van der Waals surface area contributed by atoms with Gasteiger partial charge in [0.2, 0.25) is 0 Å². The van der Waals surface area contributed by atoms with Gasteiger partial charge in [-0.25, -0.2) is 5.43 Å². The molecule has 136 valence electrons. The molecule has 0 saturated heterocycles. The SMILES string of the molecule is Cc1ccccc1C(=O)N/N=C\c1ccc(-c2cc([N+](=O)[O-])ccc2Cl)o1. The lowest BCUT2D eigenvalue weighted by atomic mass is 10.1. The zero-order chi connectivity index (χ0) is 19.4. The van der Waals surface area contributed by atoms with E-state index >= 15 is 0 Å². The van der Waals surface area contributed by atoms with Crippen molar-refractivity contribution in [3.05, 3.63) is 86.6 Å². The van der Waals surface area contributed by atoms with Crippen molar-refractivity contribution in [1.29, 1.82) is 0 Å². The Morgan fingerprint density at radius 3 is 2.74 bits per heavy atom. The number of rotatable bonds is 5. The normalized spacial score (nSPS) is 10.9. The molecule has 27 heavy (non-hydrogen) atoms. The summed E-state index contributed by atoms with van der Waals surface area (Å²) in [5, 5.41) is 15.1. The fraction of sp³-hybridized carbons (Fsp3) is 0.0526. The number of nitrogens with zero attached hydrogens (tertiary/aromatic N) is 2. The van der Waals surface area contributed by atoms with Gasteiger partial charge >= 0.3 is 0 Å². The van der Waals surface area contributed by atoms with E-state index in [1.807, 2.05) is 19.1 Å². The summed E-state index contributed by atoms with van der Waals surface area (Å²) in [6.45, 7) is 1.83. The highest BCUT2D eigenvalue weighted by molar-refractivity contribution is 6.33. The van der Waals surface area contributed by atoms with Crippen LogP contribution in [0.3, 0.4) is 0 Å². The van der Waals surface area contributed by atoms with E-state index in [0.29, 0.717) is 27.7 Å². The summed E-state index contributed by atoms with van der Waals surface area (Å²) < 4.78 is 5.59. The molecule has 0 atom stereocenters. The van der Waals surface area contributed by atoms with Gasteiger partial charge in [-0.1, -0.05) is 29.8 Å². The van der Waals surface area contributed by atoms with Crippen molar-refractivity contribution in [2.45, 2.75) is 6.92 Å². The number of hydrazone groups is 1. The monoisotopic (exact) mass is 383 g/mol. The number of hydrogen-bond donors (Lipinski definition) is 1. The minimum absolute atomic E-state index is 0.0912. The number of nitrogens with one attached hydrogen (secondary N) is 1. The predicted octanol–water partition coefficient (Wildman–Crippen LogP) is 4.58. The van der Waals surface area contributed by atoms with Crippen molar-refractivity contribution in [1.82, 2.24) is 5.43 Å². The lowest BCUT2D eigenvalue weighted by molar-refractivity contribution is -0.384. The number of carbonyl (C=O) groups is 1. The number of hydrogen-bond acceptors (Lipinski definition) is 5. The predicted molar refractivity (Wildman–Crippen MR) is 102 cm³/mol. The average molecular weight is 384 g/mol. The average Bonchev–Trinajstić information content (AvgIpc) is 3.10. The molecule has 1 aromatic heterocycles. The van der Waals surface area contributed by atoms with Crippen molar-refractivity contribution in [3.8, 4) is 11.3 Å². The zero-order valence-corrected chi connectivity index (χ0v) is 14.9. The molecule has 0 aliphatic heterocycles. The Bertz CT molecular complexity index is 1040. The van der Waals surface area contributed by atoms with E-state index in [0.717, 1.165) is 5.56 Å². The first-order valence-corrected chi connectivity index (χ1v) is 8.26. The molecular formula is C19H14ClN3O4. The Balaban J connectivity index is 1.74. The maximum absolute atomic E-state index is 12.1. The molecule has 8 heteroatoms. The van der Waals surface area contributed by atoms with Crippen molar-refractivity contribution >= 4 is 29.4 Å². The number of aryl methyl sites for hydroxylation is 1. The highest BCUT2D eigenvalue weighted by atomic mass is 35.5. The number of furan rings is 1. The number of nitro groups is 1. The Kier molecular flexibility index (Phi) is 5.33. The van der Waals surface area contributed by atoms with Crippen LogP contribution in [0.2, 0.25) is 5.02 Å². The standard InChI is InChI=1S/C19H14ClN3O4/c1-12-4-2-3-5-15(12)19(24)22-21-11-14-7-9-18(27-14)16-10-13(23(25)26)6-8-17(16)20/h2-11H,1H3,(H,22,24)/b21-11-. The molecule has 0 unspecified atom stereocenters. The minimum atomic E-state index is -0.508. The number of benzene rings is 2. The third-order valence-corrected chi connectivity index (χ3v) is 4.13.